The molecule has 1 aliphatic carbocycles. The van der Waals surface area contributed by atoms with E-state index >= 15 is 0 Å². The van der Waals surface area contributed by atoms with Crippen LogP contribution in [0.1, 0.15) is 43.5 Å². The molecule has 4 heteroatoms. The van der Waals surface area contributed by atoms with Crippen molar-refractivity contribution >= 4 is 5.82 Å². The average Bonchev–Trinajstić information content (AvgIpc) is 2.92. The smallest absolute Gasteiger partial charge is 0.144 e. The molecule has 20 heavy (non-hydrogen) atoms. The molecule has 1 aliphatic rings. The lowest BCUT2D eigenvalue weighted by atomic mass is 10.1. The highest BCUT2D eigenvalue weighted by atomic mass is 15.1. The second-order valence-electron chi connectivity index (χ2n) is 5.32. The number of anilines is 1. The maximum atomic E-state index is 9.25. The van der Waals surface area contributed by atoms with E-state index in [4.69, 9.17) is 0 Å². The number of fused-ring (bicyclic) bond motifs is 1. The van der Waals surface area contributed by atoms with Crippen LogP contribution < -0.4 is 5.32 Å². The number of nitriles is 1. The van der Waals surface area contributed by atoms with Crippen LogP contribution in [0, 0.1) is 11.3 Å². The summed E-state index contributed by atoms with van der Waals surface area (Å²) in [5, 5.41) is 12.6. The molecular formula is C16H24N4. The molecule has 1 aromatic heterocycles. The van der Waals surface area contributed by atoms with Crippen molar-refractivity contribution in [2.45, 2.75) is 39.5 Å². The Labute approximate surface area is 121 Å². The first-order valence-corrected chi connectivity index (χ1v) is 7.67. The Morgan fingerprint density at radius 2 is 2.20 bits per heavy atom. The lowest BCUT2D eigenvalue weighted by Gasteiger charge is -2.20. The molecule has 0 unspecified atom stereocenters. The van der Waals surface area contributed by atoms with Crippen molar-refractivity contribution in [3.63, 3.8) is 0 Å². The first kappa shape index (κ1) is 14.8. The fraction of sp³-hybridized carbons (Fsp3) is 0.625. The summed E-state index contributed by atoms with van der Waals surface area (Å²) in [6.45, 7) is 8.41. The molecule has 2 rings (SSSR count). The zero-order chi connectivity index (χ0) is 14.4. The SMILES string of the molecule is CCCN(CC)CCNc1nc2c(cc1C#N)CCC2. The van der Waals surface area contributed by atoms with E-state index in [2.05, 4.69) is 35.1 Å². The van der Waals surface area contributed by atoms with Gasteiger partial charge in [-0.15, -0.1) is 0 Å². The fourth-order valence-electron chi connectivity index (χ4n) is 2.77. The van der Waals surface area contributed by atoms with Crippen LogP contribution in [-0.2, 0) is 12.8 Å². The number of hydrogen-bond donors (Lipinski definition) is 1. The minimum Gasteiger partial charge on any atom is -0.368 e. The van der Waals surface area contributed by atoms with Crippen LogP contribution in [0.4, 0.5) is 5.82 Å². The second-order valence-corrected chi connectivity index (χ2v) is 5.32. The molecule has 0 bridgehead atoms. The summed E-state index contributed by atoms with van der Waals surface area (Å²) in [7, 11) is 0. The lowest BCUT2D eigenvalue weighted by Crippen LogP contribution is -2.30. The third-order valence-corrected chi connectivity index (χ3v) is 3.88. The number of rotatable bonds is 7. The van der Waals surface area contributed by atoms with E-state index < -0.39 is 0 Å². The van der Waals surface area contributed by atoms with E-state index in [0.29, 0.717) is 5.56 Å². The molecule has 1 N–H and O–H groups in total. The summed E-state index contributed by atoms with van der Waals surface area (Å²) in [6.07, 6.45) is 4.45. The zero-order valence-electron chi connectivity index (χ0n) is 12.6. The van der Waals surface area contributed by atoms with Crippen molar-refractivity contribution in [1.82, 2.24) is 9.88 Å². The van der Waals surface area contributed by atoms with Crippen molar-refractivity contribution in [2.24, 2.45) is 0 Å². The molecule has 0 saturated heterocycles. The van der Waals surface area contributed by atoms with Crippen LogP contribution in [0.3, 0.4) is 0 Å². The molecule has 0 saturated carbocycles. The molecule has 108 valence electrons. The van der Waals surface area contributed by atoms with E-state index in [0.717, 1.165) is 51.3 Å². The van der Waals surface area contributed by atoms with Gasteiger partial charge < -0.3 is 10.2 Å². The predicted octanol–water partition coefficient (Wildman–Crippen LogP) is 2.59. The summed E-state index contributed by atoms with van der Waals surface area (Å²) in [5.41, 5.74) is 3.12. The number of nitrogens with zero attached hydrogens (tertiary/aromatic N) is 3. The van der Waals surface area contributed by atoms with Gasteiger partial charge in [0.2, 0.25) is 0 Å². The quantitative estimate of drug-likeness (QED) is 0.829. The molecule has 0 atom stereocenters. The Morgan fingerprint density at radius 3 is 2.90 bits per heavy atom. The number of pyridine rings is 1. The Balaban J connectivity index is 1.97. The van der Waals surface area contributed by atoms with Gasteiger partial charge in [0.25, 0.3) is 0 Å². The summed E-state index contributed by atoms with van der Waals surface area (Å²) in [4.78, 5) is 7.05. The maximum Gasteiger partial charge on any atom is 0.144 e. The molecule has 0 radical (unpaired) electrons. The molecule has 1 heterocycles. The second kappa shape index (κ2) is 7.25. The normalized spacial score (nSPS) is 13.3. The summed E-state index contributed by atoms with van der Waals surface area (Å²) >= 11 is 0. The maximum absolute atomic E-state index is 9.25. The summed E-state index contributed by atoms with van der Waals surface area (Å²) in [5.74, 6) is 0.765. The lowest BCUT2D eigenvalue weighted by molar-refractivity contribution is 0.300. The average molecular weight is 272 g/mol. The first-order chi connectivity index (χ1) is 9.78. The van der Waals surface area contributed by atoms with Gasteiger partial charge in [0.05, 0.1) is 5.56 Å². The minimum absolute atomic E-state index is 0.684. The van der Waals surface area contributed by atoms with Crippen molar-refractivity contribution in [1.29, 1.82) is 5.26 Å². The highest BCUT2D eigenvalue weighted by molar-refractivity contribution is 5.55. The van der Waals surface area contributed by atoms with E-state index in [1.165, 1.54) is 17.7 Å². The van der Waals surface area contributed by atoms with Gasteiger partial charge in [-0.1, -0.05) is 13.8 Å². The van der Waals surface area contributed by atoms with Gasteiger partial charge in [-0.3, -0.25) is 0 Å². The van der Waals surface area contributed by atoms with Crippen LogP contribution in [0.2, 0.25) is 0 Å². The van der Waals surface area contributed by atoms with Gasteiger partial charge in [0.1, 0.15) is 11.9 Å². The Hall–Kier alpha value is -1.60. The number of likely N-dealkylation sites (N-methyl/N-ethyl adjacent to an activating group) is 1. The van der Waals surface area contributed by atoms with Gasteiger partial charge in [-0.25, -0.2) is 4.98 Å². The minimum atomic E-state index is 0.684. The van der Waals surface area contributed by atoms with Crippen molar-refractivity contribution in [3.8, 4) is 6.07 Å². The van der Waals surface area contributed by atoms with Gasteiger partial charge in [0, 0.05) is 18.8 Å². The number of nitrogens with one attached hydrogen (secondary N) is 1. The standard InChI is InChI=1S/C16H24N4/c1-3-9-20(4-2)10-8-18-16-14(12-17)11-13-6-5-7-15(13)19-16/h11H,3-10H2,1-2H3,(H,18,19). The molecule has 4 nitrogen and oxygen atoms in total. The number of aryl methyl sites for hydroxylation is 2. The highest BCUT2D eigenvalue weighted by Crippen LogP contribution is 2.24. The van der Waals surface area contributed by atoms with Crippen molar-refractivity contribution in [3.05, 3.63) is 22.9 Å². The largest absolute Gasteiger partial charge is 0.368 e. The van der Waals surface area contributed by atoms with Crippen LogP contribution >= 0.6 is 0 Å². The van der Waals surface area contributed by atoms with Gasteiger partial charge >= 0.3 is 0 Å². The van der Waals surface area contributed by atoms with Gasteiger partial charge in [-0.05, 0) is 50.4 Å². The summed E-state index contributed by atoms with van der Waals surface area (Å²) in [6, 6.07) is 4.28. The third kappa shape index (κ3) is 3.49. The topological polar surface area (TPSA) is 52.0 Å². The Kier molecular flexibility index (Phi) is 5.37. The summed E-state index contributed by atoms with van der Waals surface area (Å²) < 4.78 is 0. The van der Waals surface area contributed by atoms with Gasteiger partial charge in [-0.2, -0.15) is 5.26 Å². The number of aromatic nitrogens is 1. The molecule has 0 aliphatic heterocycles. The number of hydrogen-bond acceptors (Lipinski definition) is 4. The van der Waals surface area contributed by atoms with Crippen LogP contribution in [0.15, 0.2) is 6.07 Å². The Bertz CT molecular complexity index is 490. The molecule has 0 fully saturated rings. The van der Waals surface area contributed by atoms with Crippen LogP contribution in [-0.4, -0.2) is 36.1 Å². The Morgan fingerprint density at radius 1 is 1.35 bits per heavy atom. The zero-order valence-corrected chi connectivity index (χ0v) is 12.6. The predicted molar refractivity (Wildman–Crippen MR) is 81.9 cm³/mol. The van der Waals surface area contributed by atoms with Crippen molar-refractivity contribution < 1.29 is 0 Å². The molecule has 0 aromatic carbocycles. The monoisotopic (exact) mass is 272 g/mol. The van der Waals surface area contributed by atoms with E-state index in [1.807, 2.05) is 6.07 Å². The van der Waals surface area contributed by atoms with Crippen LogP contribution in [0.5, 0.6) is 0 Å². The highest BCUT2D eigenvalue weighted by Gasteiger charge is 2.16. The first-order valence-electron chi connectivity index (χ1n) is 7.67. The van der Waals surface area contributed by atoms with Gasteiger partial charge in [0.15, 0.2) is 0 Å². The van der Waals surface area contributed by atoms with Crippen LogP contribution in [0.25, 0.3) is 0 Å². The van der Waals surface area contributed by atoms with E-state index in [-0.39, 0.29) is 0 Å². The van der Waals surface area contributed by atoms with Crippen molar-refractivity contribution in [2.75, 3.05) is 31.5 Å². The molecule has 0 spiro atoms. The van der Waals surface area contributed by atoms with E-state index in [9.17, 15) is 5.26 Å². The fourth-order valence-corrected chi connectivity index (χ4v) is 2.77. The molecule has 0 amide bonds. The van der Waals surface area contributed by atoms with E-state index in [1.54, 1.807) is 0 Å². The molecular weight excluding hydrogens is 248 g/mol. The molecule has 1 aromatic rings. The third-order valence-electron chi connectivity index (χ3n) is 3.88.